The fourth-order valence-electron chi connectivity index (χ4n) is 2.54. The van der Waals surface area contributed by atoms with Crippen LogP contribution in [0.4, 0.5) is 5.69 Å². The Bertz CT molecular complexity index is 439. The number of nitrogen functional groups attached to an aromatic ring is 1. The van der Waals surface area contributed by atoms with Crippen LogP contribution in [0.3, 0.4) is 0 Å². The third-order valence-electron chi connectivity index (χ3n) is 3.69. The van der Waals surface area contributed by atoms with Crippen molar-refractivity contribution in [2.75, 3.05) is 19.5 Å². The van der Waals surface area contributed by atoms with Crippen LogP contribution in [0, 0.1) is 5.92 Å². The normalized spacial score (nSPS) is 15.4. The summed E-state index contributed by atoms with van der Waals surface area (Å²) in [5.41, 5.74) is 6.87. The zero-order valence-electron chi connectivity index (χ0n) is 11.4. The van der Waals surface area contributed by atoms with E-state index in [-0.39, 0.29) is 5.97 Å². The van der Waals surface area contributed by atoms with Crippen molar-refractivity contribution in [1.82, 2.24) is 0 Å². The van der Waals surface area contributed by atoms with Crippen LogP contribution in [0.5, 0.6) is 5.75 Å². The van der Waals surface area contributed by atoms with Gasteiger partial charge in [-0.3, -0.25) is 0 Å². The Labute approximate surface area is 113 Å². The van der Waals surface area contributed by atoms with E-state index in [1.54, 1.807) is 18.2 Å². The third-order valence-corrected chi connectivity index (χ3v) is 3.69. The summed E-state index contributed by atoms with van der Waals surface area (Å²) >= 11 is 0. The van der Waals surface area contributed by atoms with E-state index in [0.717, 1.165) is 12.3 Å². The molecule has 0 bridgehead atoms. The van der Waals surface area contributed by atoms with E-state index in [1.807, 2.05) is 0 Å². The van der Waals surface area contributed by atoms with Crippen molar-refractivity contribution >= 4 is 11.7 Å². The molecule has 0 aliphatic heterocycles. The molecule has 1 aromatic carbocycles. The molecular formula is C15H21NO3. The quantitative estimate of drug-likeness (QED) is 0.655. The van der Waals surface area contributed by atoms with E-state index in [4.69, 9.17) is 10.5 Å². The number of benzene rings is 1. The van der Waals surface area contributed by atoms with Gasteiger partial charge in [-0.15, -0.1) is 0 Å². The highest BCUT2D eigenvalue weighted by atomic mass is 16.5. The zero-order valence-corrected chi connectivity index (χ0v) is 11.4. The molecule has 4 nitrogen and oxygen atoms in total. The molecule has 1 fully saturated rings. The minimum Gasteiger partial charge on any atom is -0.491 e. The molecule has 0 aromatic heterocycles. The lowest BCUT2D eigenvalue weighted by Crippen LogP contribution is -2.07. The van der Waals surface area contributed by atoms with Gasteiger partial charge in [-0.2, -0.15) is 0 Å². The number of rotatable bonds is 5. The first-order valence-electron chi connectivity index (χ1n) is 6.81. The highest BCUT2D eigenvalue weighted by Gasteiger charge is 2.15. The van der Waals surface area contributed by atoms with E-state index in [1.165, 1.54) is 32.8 Å². The first-order chi connectivity index (χ1) is 9.20. The van der Waals surface area contributed by atoms with Crippen LogP contribution >= 0.6 is 0 Å². The maximum Gasteiger partial charge on any atom is 0.337 e. The van der Waals surface area contributed by atoms with E-state index in [2.05, 4.69) is 4.74 Å². The molecule has 0 radical (unpaired) electrons. The summed E-state index contributed by atoms with van der Waals surface area (Å²) in [5, 5.41) is 0. The van der Waals surface area contributed by atoms with Crippen LogP contribution in [0.1, 0.15) is 42.5 Å². The van der Waals surface area contributed by atoms with Gasteiger partial charge in [0.05, 0.1) is 25.0 Å². The number of anilines is 1. The van der Waals surface area contributed by atoms with Crippen molar-refractivity contribution in [3.63, 3.8) is 0 Å². The summed E-state index contributed by atoms with van der Waals surface area (Å²) in [4.78, 5) is 11.4. The lowest BCUT2D eigenvalue weighted by Gasteiger charge is -2.12. The monoisotopic (exact) mass is 263 g/mol. The molecule has 0 saturated heterocycles. The van der Waals surface area contributed by atoms with Crippen molar-refractivity contribution in [3.05, 3.63) is 23.8 Å². The SMILES string of the molecule is COC(=O)c1ccc(N)c(OCCC2CCCC2)c1. The molecule has 1 aliphatic rings. The molecular weight excluding hydrogens is 242 g/mol. The largest absolute Gasteiger partial charge is 0.491 e. The average molecular weight is 263 g/mol. The van der Waals surface area contributed by atoms with Crippen LogP contribution < -0.4 is 10.5 Å². The Morgan fingerprint density at radius 1 is 1.37 bits per heavy atom. The maximum atomic E-state index is 11.4. The summed E-state index contributed by atoms with van der Waals surface area (Å²) in [7, 11) is 1.36. The molecule has 1 saturated carbocycles. The van der Waals surface area contributed by atoms with Gasteiger partial charge in [-0.25, -0.2) is 4.79 Å². The predicted molar refractivity (Wildman–Crippen MR) is 74.3 cm³/mol. The maximum absolute atomic E-state index is 11.4. The first kappa shape index (κ1) is 13.7. The summed E-state index contributed by atoms with van der Waals surface area (Å²) in [6.07, 6.45) is 6.35. The van der Waals surface area contributed by atoms with Crippen molar-refractivity contribution in [1.29, 1.82) is 0 Å². The smallest absolute Gasteiger partial charge is 0.337 e. The number of nitrogens with two attached hydrogens (primary N) is 1. The van der Waals surface area contributed by atoms with Gasteiger partial charge in [0.1, 0.15) is 5.75 Å². The lowest BCUT2D eigenvalue weighted by atomic mass is 10.1. The second kappa shape index (κ2) is 6.45. The molecule has 19 heavy (non-hydrogen) atoms. The standard InChI is InChI=1S/C15H21NO3/c1-18-15(17)12-6-7-13(16)14(10-12)19-9-8-11-4-2-3-5-11/h6-7,10-11H,2-5,8-9,16H2,1H3. The molecule has 0 atom stereocenters. The molecule has 0 heterocycles. The molecule has 2 rings (SSSR count). The van der Waals surface area contributed by atoms with Crippen LogP contribution in [0.25, 0.3) is 0 Å². The Kier molecular flexibility index (Phi) is 4.66. The fourth-order valence-corrected chi connectivity index (χ4v) is 2.54. The van der Waals surface area contributed by atoms with Gasteiger partial charge in [0, 0.05) is 0 Å². The highest BCUT2D eigenvalue weighted by Crippen LogP contribution is 2.28. The number of carbonyl (C=O) groups is 1. The summed E-state index contributed by atoms with van der Waals surface area (Å²) < 4.78 is 10.4. The Balaban J connectivity index is 1.92. The topological polar surface area (TPSA) is 61.5 Å². The van der Waals surface area contributed by atoms with Crippen LogP contribution in [-0.4, -0.2) is 19.7 Å². The second-order valence-electron chi connectivity index (χ2n) is 5.03. The Morgan fingerprint density at radius 2 is 2.11 bits per heavy atom. The van der Waals surface area contributed by atoms with E-state index in [9.17, 15) is 4.79 Å². The summed E-state index contributed by atoms with van der Waals surface area (Å²) in [6, 6.07) is 4.97. The minimum atomic E-state index is -0.374. The number of carbonyl (C=O) groups excluding carboxylic acids is 1. The second-order valence-corrected chi connectivity index (χ2v) is 5.03. The van der Waals surface area contributed by atoms with Gasteiger partial charge >= 0.3 is 5.97 Å². The van der Waals surface area contributed by atoms with Gasteiger partial charge < -0.3 is 15.2 Å². The minimum absolute atomic E-state index is 0.374. The van der Waals surface area contributed by atoms with Crippen LogP contribution in [0.15, 0.2) is 18.2 Å². The van der Waals surface area contributed by atoms with Crippen molar-refractivity contribution in [2.24, 2.45) is 5.92 Å². The number of ether oxygens (including phenoxy) is 2. The molecule has 104 valence electrons. The van der Waals surface area contributed by atoms with Crippen LogP contribution in [-0.2, 0) is 4.74 Å². The average Bonchev–Trinajstić information content (AvgIpc) is 2.93. The number of hydrogen-bond donors (Lipinski definition) is 1. The zero-order chi connectivity index (χ0) is 13.7. The molecule has 2 N–H and O–H groups in total. The lowest BCUT2D eigenvalue weighted by molar-refractivity contribution is 0.0600. The third kappa shape index (κ3) is 3.63. The van der Waals surface area contributed by atoms with Gasteiger partial charge in [-0.05, 0) is 30.5 Å². The number of methoxy groups -OCH3 is 1. The van der Waals surface area contributed by atoms with Gasteiger partial charge in [0.2, 0.25) is 0 Å². The predicted octanol–water partition coefficient (Wildman–Crippen LogP) is 3.01. The van der Waals surface area contributed by atoms with Crippen LogP contribution in [0.2, 0.25) is 0 Å². The fraction of sp³-hybridized carbons (Fsp3) is 0.533. The highest BCUT2D eigenvalue weighted by molar-refractivity contribution is 5.90. The molecule has 0 unspecified atom stereocenters. The molecule has 4 heteroatoms. The number of hydrogen-bond acceptors (Lipinski definition) is 4. The number of esters is 1. The van der Waals surface area contributed by atoms with Crippen molar-refractivity contribution in [2.45, 2.75) is 32.1 Å². The van der Waals surface area contributed by atoms with E-state index < -0.39 is 0 Å². The van der Waals surface area contributed by atoms with Crippen molar-refractivity contribution in [3.8, 4) is 5.75 Å². The first-order valence-corrected chi connectivity index (χ1v) is 6.81. The Hall–Kier alpha value is -1.71. The molecule has 0 spiro atoms. The summed E-state index contributed by atoms with van der Waals surface area (Å²) in [6.45, 7) is 0.652. The van der Waals surface area contributed by atoms with Gasteiger partial charge in [0.15, 0.2) is 0 Å². The molecule has 1 aliphatic carbocycles. The van der Waals surface area contributed by atoms with Gasteiger partial charge in [0.25, 0.3) is 0 Å². The Morgan fingerprint density at radius 3 is 2.79 bits per heavy atom. The molecule has 1 aromatic rings. The van der Waals surface area contributed by atoms with E-state index in [0.29, 0.717) is 23.6 Å². The van der Waals surface area contributed by atoms with Gasteiger partial charge in [-0.1, -0.05) is 25.7 Å². The molecule has 0 amide bonds. The summed E-state index contributed by atoms with van der Waals surface area (Å²) in [5.74, 6) is 0.978. The van der Waals surface area contributed by atoms with Crippen molar-refractivity contribution < 1.29 is 14.3 Å². The van der Waals surface area contributed by atoms with E-state index >= 15 is 0 Å².